The molecule has 4 aromatic rings. The number of nitrogens with one attached hydrogen (secondary N) is 1. The molecule has 0 bridgehead atoms. The average molecular weight is 467 g/mol. The van der Waals surface area contributed by atoms with Crippen molar-refractivity contribution in [1.29, 1.82) is 0 Å². The Labute approximate surface area is 193 Å². The standard InChI is InChI=1S/C23H22FN5O5/c1-33-15-8-6-14(7-9-15)27-21-17-18(12-2-4-13(24)5-3-12)28-29(22(17)26-11-25-21)23-20(32)19(31)16(10-30)34-23/h2-9,11,16,19-20,23,30-32H,10H2,1H3,(H,25,26,27)/t16-,19+,20+,23-/m1/s1. The number of aromatic nitrogens is 4. The van der Waals surface area contributed by atoms with E-state index in [-0.39, 0.29) is 0 Å². The fourth-order valence-corrected chi connectivity index (χ4v) is 3.95. The molecule has 2 aromatic heterocycles. The second-order valence-electron chi connectivity index (χ2n) is 7.80. The van der Waals surface area contributed by atoms with E-state index >= 15 is 0 Å². The minimum Gasteiger partial charge on any atom is -0.497 e. The number of rotatable bonds is 6. The van der Waals surface area contributed by atoms with Crippen LogP contribution in [-0.4, -0.2) is 67.1 Å². The van der Waals surface area contributed by atoms with Gasteiger partial charge in [0, 0.05) is 11.3 Å². The number of ether oxygens (including phenoxy) is 2. The lowest BCUT2D eigenvalue weighted by Gasteiger charge is -2.15. The zero-order chi connectivity index (χ0) is 23.8. The van der Waals surface area contributed by atoms with Crippen molar-refractivity contribution in [2.75, 3.05) is 19.0 Å². The van der Waals surface area contributed by atoms with Gasteiger partial charge in [-0.3, -0.25) is 0 Å². The topological polar surface area (TPSA) is 135 Å². The summed E-state index contributed by atoms with van der Waals surface area (Å²) in [6, 6.07) is 13.0. The predicted molar refractivity (Wildman–Crippen MR) is 120 cm³/mol. The lowest BCUT2D eigenvalue weighted by Crippen LogP contribution is -2.33. The largest absolute Gasteiger partial charge is 0.497 e. The number of methoxy groups -OCH3 is 1. The molecule has 4 atom stereocenters. The molecule has 1 saturated heterocycles. The Morgan fingerprint density at radius 3 is 2.44 bits per heavy atom. The van der Waals surface area contributed by atoms with Gasteiger partial charge in [0.15, 0.2) is 11.9 Å². The Hall–Kier alpha value is -3.64. The SMILES string of the molecule is COc1ccc(Nc2ncnc3c2c(-c2ccc(F)cc2)nn3[C@@H]2O[C@H](CO)[C@H](O)[C@@H]2O)cc1. The quantitative estimate of drug-likeness (QED) is 0.336. The lowest BCUT2D eigenvalue weighted by atomic mass is 10.1. The van der Waals surface area contributed by atoms with Gasteiger partial charge in [-0.2, -0.15) is 5.10 Å². The number of fused-ring (bicyclic) bond motifs is 1. The molecular formula is C23H22FN5O5. The summed E-state index contributed by atoms with van der Waals surface area (Å²) >= 11 is 0. The summed E-state index contributed by atoms with van der Waals surface area (Å²) < 4.78 is 25.8. The van der Waals surface area contributed by atoms with Gasteiger partial charge in [0.05, 0.1) is 19.1 Å². The molecule has 5 rings (SSSR count). The third-order valence-corrected chi connectivity index (χ3v) is 5.72. The molecule has 0 aliphatic carbocycles. The van der Waals surface area contributed by atoms with Crippen LogP contribution in [0.4, 0.5) is 15.9 Å². The van der Waals surface area contributed by atoms with E-state index in [0.29, 0.717) is 33.9 Å². The minimum atomic E-state index is -1.35. The molecule has 0 radical (unpaired) electrons. The molecule has 4 N–H and O–H groups in total. The zero-order valence-corrected chi connectivity index (χ0v) is 18.0. The smallest absolute Gasteiger partial charge is 0.181 e. The highest BCUT2D eigenvalue weighted by molar-refractivity contribution is 6.00. The van der Waals surface area contributed by atoms with Gasteiger partial charge in [-0.05, 0) is 48.5 Å². The number of benzene rings is 2. The van der Waals surface area contributed by atoms with Crippen LogP contribution in [0.3, 0.4) is 0 Å². The number of anilines is 2. The summed E-state index contributed by atoms with van der Waals surface area (Å²) in [6.45, 7) is -0.474. The van der Waals surface area contributed by atoms with Crippen LogP contribution in [-0.2, 0) is 4.74 Å². The van der Waals surface area contributed by atoms with Crippen molar-refractivity contribution in [2.24, 2.45) is 0 Å². The van der Waals surface area contributed by atoms with Gasteiger partial charge in [0.1, 0.15) is 47.7 Å². The molecule has 3 heterocycles. The molecule has 1 aliphatic rings. The lowest BCUT2D eigenvalue weighted by molar-refractivity contribution is -0.0565. The Morgan fingerprint density at radius 2 is 1.79 bits per heavy atom. The fraction of sp³-hybridized carbons (Fsp3) is 0.261. The van der Waals surface area contributed by atoms with Crippen molar-refractivity contribution in [3.05, 3.63) is 60.7 Å². The van der Waals surface area contributed by atoms with E-state index < -0.39 is 37.0 Å². The maximum absolute atomic E-state index is 13.6. The highest BCUT2D eigenvalue weighted by Gasteiger charge is 2.45. The first-order chi connectivity index (χ1) is 16.5. The van der Waals surface area contributed by atoms with Crippen molar-refractivity contribution in [2.45, 2.75) is 24.5 Å². The fourth-order valence-electron chi connectivity index (χ4n) is 3.95. The van der Waals surface area contributed by atoms with Crippen molar-refractivity contribution in [3.63, 3.8) is 0 Å². The summed E-state index contributed by atoms with van der Waals surface area (Å²) in [7, 11) is 1.58. The van der Waals surface area contributed by atoms with Gasteiger partial charge in [0.2, 0.25) is 0 Å². The van der Waals surface area contributed by atoms with Gasteiger partial charge >= 0.3 is 0 Å². The highest BCUT2D eigenvalue weighted by Crippen LogP contribution is 2.37. The van der Waals surface area contributed by atoms with Crippen molar-refractivity contribution < 1.29 is 29.2 Å². The third kappa shape index (κ3) is 3.84. The first-order valence-electron chi connectivity index (χ1n) is 10.5. The molecule has 0 saturated carbocycles. The first kappa shape index (κ1) is 22.2. The van der Waals surface area contributed by atoms with Crippen LogP contribution in [0.5, 0.6) is 5.75 Å². The summed E-state index contributed by atoms with van der Waals surface area (Å²) in [5.41, 5.74) is 2.06. The molecule has 0 amide bonds. The number of aliphatic hydroxyl groups is 3. The second kappa shape index (κ2) is 8.95. The van der Waals surface area contributed by atoms with E-state index in [1.165, 1.54) is 23.1 Å². The van der Waals surface area contributed by atoms with Crippen LogP contribution in [0.15, 0.2) is 54.9 Å². The number of aliphatic hydroxyl groups excluding tert-OH is 3. The van der Waals surface area contributed by atoms with E-state index in [1.54, 1.807) is 31.4 Å². The molecule has 34 heavy (non-hydrogen) atoms. The number of nitrogens with zero attached hydrogens (tertiary/aromatic N) is 4. The minimum absolute atomic E-state index is 0.320. The van der Waals surface area contributed by atoms with Crippen LogP contribution < -0.4 is 10.1 Å². The van der Waals surface area contributed by atoms with Gasteiger partial charge in [-0.25, -0.2) is 19.0 Å². The van der Waals surface area contributed by atoms with Gasteiger partial charge in [-0.1, -0.05) is 0 Å². The zero-order valence-electron chi connectivity index (χ0n) is 18.0. The van der Waals surface area contributed by atoms with Crippen molar-refractivity contribution in [1.82, 2.24) is 19.7 Å². The second-order valence-corrected chi connectivity index (χ2v) is 7.80. The summed E-state index contributed by atoms with van der Waals surface area (Å²) in [5.74, 6) is 0.721. The molecule has 1 fully saturated rings. The van der Waals surface area contributed by atoms with Crippen LogP contribution in [0.1, 0.15) is 6.23 Å². The van der Waals surface area contributed by atoms with Crippen molar-refractivity contribution >= 4 is 22.5 Å². The molecule has 10 nitrogen and oxygen atoms in total. The van der Waals surface area contributed by atoms with E-state index in [4.69, 9.17) is 9.47 Å². The maximum Gasteiger partial charge on any atom is 0.181 e. The first-order valence-corrected chi connectivity index (χ1v) is 10.5. The highest BCUT2D eigenvalue weighted by atomic mass is 19.1. The molecule has 11 heteroatoms. The summed E-state index contributed by atoms with van der Waals surface area (Å²) in [5, 5.41) is 38.6. The third-order valence-electron chi connectivity index (χ3n) is 5.72. The maximum atomic E-state index is 13.6. The summed E-state index contributed by atoms with van der Waals surface area (Å²) in [6.07, 6.45) is -3.40. The molecule has 0 unspecified atom stereocenters. The molecule has 176 valence electrons. The molecular weight excluding hydrogens is 445 g/mol. The van der Waals surface area contributed by atoms with Gasteiger partial charge in [0.25, 0.3) is 0 Å². The van der Waals surface area contributed by atoms with E-state index in [1.807, 2.05) is 12.1 Å². The monoisotopic (exact) mass is 467 g/mol. The van der Waals surface area contributed by atoms with Gasteiger partial charge < -0.3 is 30.1 Å². The Kier molecular flexibility index (Phi) is 5.84. The van der Waals surface area contributed by atoms with E-state index in [9.17, 15) is 19.7 Å². The number of hydrogen-bond donors (Lipinski definition) is 4. The summed E-state index contributed by atoms with van der Waals surface area (Å²) in [4.78, 5) is 8.73. The Morgan fingerprint density at radius 1 is 1.06 bits per heavy atom. The van der Waals surface area contributed by atoms with Crippen LogP contribution >= 0.6 is 0 Å². The Balaban J connectivity index is 1.65. The predicted octanol–water partition coefficient (Wildman–Crippen LogP) is 2.00. The van der Waals surface area contributed by atoms with Crippen molar-refractivity contribution in [3.8, 4) is 17.0 Å². The van der Waals surface area contributed by atoms with Crippen LogP contribution in [0.25, 0.3) is 22.3 Å². The van der Waals surface area contributed by atoms with E-state index in [0.717, 1.165) is 5.69 Å². The number of halogens is 1. The normalized spacial score (nSPS) is 22.3. The van der Waals surface area contributed by atoms with Crippen LogP contribution in [0.2, 0.25) is 0 Å². The molecule has 2 aromatic carbocycles. The molecule has 0 spiro atoms. The van der Waals surface area contributed by atoms with Crippen LogP contribution in [0, 0.1) is 5.82 Å². The average Bonchev–Trinajstić information content (AvgIpc) is 3.38. The number of hydrogen-bond acceptors (Lipinski definition) is 9. The van der Waals surface area contributed by atoms with Gasteiger partial charge in [-0.15, -0.1) is 0 Å². The Bertz CT molecular complexity index is 1300. The van der Waals surface area contributed by atoms with E-state index in [2.05, 4.69) is 20.4 Å². The molecule has 1 aliphatic heterocycles.